The molecule has 0 aliphatic carbocycles. The Balaban J connectivity index is 2.50. The Morgan fingerprint density at radius 2 is 0.913 bits per heavy atom. The van der Waals surface area contributed by atoms with Gasteiger partial charge in [0.15, 0.2) is 0 Å². The number of para-hydroxylation sites is 2. The molecule has 2 aromatic rings. The minimum atomic E-state index is -0.148. The third-order valence-electron chi connectivity index (χ3n) is 4.28. The lowest BCUT2D eigenvalue weighted by atomic mass is 10.0. The first-order valence-corrected chi connectivity index (χ1v) is 8.54. The van der Waals surface area contributed by atoms with Crippen LogP contribution in [0.2, 0.25) is 0 Å². The highest BCUT2D eigenvalue weighted by atomic mass is 15.4. The van der Waals surface area contributed by atoms with E-state index in [2.05, 4.69) is 112 Å². The van der Waals surface area contributed by atoms with E-state index in [1.807, 2.05) is 0 Å². The smallest absolute Gasteiger partial charge is 0.107 e. The van der Waals surface area contributed by atoms with Crippen molar-refractivity contribution in [2.45, 2.75) is 59.3 Å². The van der Waals surface area contributed by atoms with Crippen LogP contribution in [0.25, 0.3) is 0 Å². The van der Waals surface area contributed by atoms with Gasteiger partial charge >= 0.3 is 0 Å². The van der Waals surface area contributed by atoms with Crippen LogP contribution < -0.4 is 9.80 Å². The summed E-state index contributed by atoms with van der Waals surface area (Å²) >= 11 is 0. The number of rotatable bonds is 6. The topological polar surface area (TPSA) is 6.48 Å². The van der Waals surface area contributed by atoms with Crippen molar-refractivity contribution in [2.24, 2.45) is 0 Å². The number of anilines is 2. The fourth-order valence-electron chi connectivity index (χ4n) is 3.79. The molecule has 0 atom stereocenters. The molecule has 0 fully saturated rings. The van der Waals surface area contributed by atoms with E-state index in [9.17, 15) is 0 Å². The third kappa shape index (κ3) is 3.69. The van der Waals surface area contributed by atoms with Gasteiger partial charge in [0.05, 0.1) is 0 Å². The van der Waals surface area contributed by atoms with E-state index in [1.165, 1.54) is 11.4 Å². The molecule has 0 radical (unpaired) electrons. The molecule has 2 nitrogen and oxygen atoms in total. The second kappa shape index (κ2) is 7.08. The molecule has 0 spiro atoms. The normalized spacial score (nSPS) is 11.8. The second-order valence-corrected chi connectivity index (χ2v) is 7.09. The van der Waals surface area contributed by atoms with Crippen LogP contribution in [0.4, 0.5) is 11.4 Å². The van der Waals surface area contributed by atoms with Gasteiger partial charge < -0.3 is 9.80 Å². The second-order valence-electron chi connectivity index (χ2n) is 7.09. The first-order valence-electron chi connectivity index (χ1n) is 8.54. The molecular weight excluding hydrogens is 280 g/mol. The van der Waals surface area contributed by atoms with Crippen molar-refractivity contribution < 1.29 is 0 Å². The van der Waals surface area contributed by atoms with Gasteiger partial charge in [-0.15, -0.1) is 0 Å². The van der Waals surface area contributed by atoms with E-state index in [1.54, 1.807) is 0 Å². The first-order chi connectivity index (χ1) is 10.9. The van der Waals surface area contributed by atoms with Crippen molar-refractivity contribution >= 4 is 11.4 Å². The summed E-state index contributed by atoms with van der Waals surface area (Å²) < 4.78 is 0. The SMILES string of the molecule is CC(C)N(c1ccccc1)C(C)(C)N(c1ccccc1)C(C)C. The number of hydrogen-bond acceptors (Lipinski definition) is 2. The van der Waals surface area contributed by atoms with Crippen LogP contribution in [0.15, 0.2) is 60.7 Å². The molecule has 2 rings (SSSR count). The zero-order chi connectivity index (χ0) is 17.0. The summed E-state index contributed by atoms with van der Waals surface area (Å²) in [5.74, 6) is 0. The zero-order valence-corrected chi connectivity index (χ0v) is 15.3. The Kier molecular flexibility index (Phi) is 5.35. The standard InChI is InChI=1S/C21H30N2/c1-17(2)22(19-13-9-7-10-14-19)21(5,6)23(18(3)4)20-15-11-8-12-16-20/h7-18H,1-6H3. The van der Waals surface area contributed by atoms with Gasteiger partial charge in [0.1, 0.15) is 5.66 Å². The number of hydrogen-bond donors (Lipinski definition) is 0. The molecule has 0 heterocycles. The van der Waals surface area contributed by atoms with E-state index >= 15 is 0 Å². The summed E-state index contributed by atoms with van der Waals surface area (Å²) in [7, 11) is 0. The molecule has 23 heavy (non-hydrogen) atoms. The summed E-state index contributed by atoms with van der Waals surface area (Å²) in [5, 5.41) is 0. The van der Waals surface area contributed by atoms with Crippen molar-refractivity contribution in [1.82, 2.24) is 0 Å². The monoisotopic (exact) mass is 310 g/mol. The first kappa shape index (κ1) is 17.4. The molecule has 0 saturated heterocycles. The molecule has 2 heteroatoms. The lowest BCUT2D eigenvalue weighted by molar-refractivity contribution is 0.381. The average Bonchev–Trinajstić information content (AvgIpc) is 2.48. The summed E-state index contributed by atoms with van der Waals surface area (Å²) in [6.07, 6.45) is 0. The lowest BCUT2D eigenvalue weighted by Crippen LogP contribution is -2.62. The van der Waals surface area contributed by atoms with Gasteiger partial charge in [0.2, 0.25) is 0 Å². The summed E-state index contributed by atoms with van der Waals surface area (Å²) in [5.41, 5.74) is 2.37. The van der Waals surface area contributed by atoms with Crippen LogP contribution in [0, 0.1) is 0 Å². The Morgan fingerprint density at radius 1 is 0.609 bits per heavy atom. The maximum absolute atomic E-state index is 2.50. The average molecular weight is 310 g/mol. The molecule has 124 valence electrons. The fraction of sp³-hybridized carbons (Fsp3) is 0.429. The van der Waals surface area contributed by atoms with Crippen molar-refractivity contribution in [3.05, 3.63) is 60.7 Å². The van der Waals surface area contributed by atoms with Crippen molar-refractivity contribution in [1.29, 1.82) is 0 Å². The molecule has 0 aliphatic heterocycles. The van der Waals surface area contributed by atoms with Gasteiger partial charge in [-0.1, -0.05) is 36.4 Å². The zero-order valence-electron chi connectivity index (χ0n) is 15.3. The van der Waals surface area contributed by atoms with Gasteiger partial charge in [0.25, 0.3) is 0 Å². The van der Waals surface area contributed by atoms with Gasteiger partial charge in [-0.2, -0.15) is 0 Å². The third-order valence-corrected chi connectivity index (χ3v) is 4.28. The van der Waals surface area contributed by atoms with E-state index in [0.717, 1.165) is 0 Å². The Labute approximate surface area is 141 Å². The summed E-state index contributed by atoms with van der Waals surface area (Å²) in [4.78, 5) is 5.00. The van der Waals surface area contributed by atoms with Crippen molar-refractivity contribution in [3.8, 4) is 0 Å². The highest BCUT2D eigenvalue weighted by molar-refractivity contribution is 5.57. The van der Waals surface area contributed by atoms with E-state index in [-0.39, 0.29) is 5.66 Å². The molecule has 0 unspecified atom stereocenters. The summed E-state index contributed by atoms with van der Waals surface area (Å²) in [6.45, 7) is 13.7. The molecule has 0 aromatic heterocycles. The van der Waals surface area contributed by atoms with E-state index < -0.39 is 0 Å². The number of nitrogens with zero attached hydrogens (tertiary/aromatic N) is 2. The molecular formula is C21H30N2. The van der Waals surface area contributed by atoms with Gasteiger partial charge in [-0.25, -0.2) is 0 Å². The molecule has 0 N–H and O–H groups in total. The minimum Gasteiger partial charge on any atom is -0.347 e. The van der Waals surface area contributed by atoms with Crippen LogP contribution in [0.5, 0.6) is 0 Å². The van der Waals surface area contributed by atoms with Crippen LogP contribution in [-0.2, 0) is 0 Å². The van der Waals surface area contributed by atoms with E-state index in [0.29, 0.717) is 12.1 Å². The minimum absolute atomic E-state index is 0.148. The lowest BCUT2D eigenvalue weighted by Gasteiger charge is -2.52. The van der Waals surface area contributed by atoms with Crippen LogP contribution in [0.1, 0.15) is 41.5 Å². The molecule has 0 bridgehead atoms. The predicted molar refractivity (Wildman–Crippen MR) is 102 cm³/mol. The van der Waals surface area contributed by atoms with Gasteiger partial charge in [0, 0.05) is 23.5 Å². The van der Waals surface area contributed by atoms with Crippen LogP contribution in [-0.4, -0.2) is 17.7 Å². The van der Waals surface area contributed by atoms with E-state index in [4.69, 9.17) is 0 Å². The maximum Gasteiger partial charge on any atom is 0.107 e. The maximum atomic E-state index is 2.50. The molecule has 2 aromatic carbocycles. The Hall–Kier alpha value is -1.96. The van der Waals surface area contributed by atoms with Crippen LogP contribution >= 0.6 is 0 Å². The molecule has 0 saturated carbocycles. The molecule has 0 aliphatic rings. The van der Waals surface area contributed by atoms with Crippen molar-refractivity contribution in [3.63, 3.8) is 0 Å². The highest BCUT2D eigenvalue weighted by Crippen LogP contribution is 2.34. The Bertz CT molecular complexity index is 534. The number of benzene rings is 2. The quantitative estimate of drug-likeness (QED) is 0.645. The predicted octanol–water partition coefficient (Wildman–Crippen LogP) is 5.55. The van der Waals surface area contributed by atoms with Gasteiger partial charge in [-0.3, -0.25) is 0 Å². The van der Waals surface area contributed by atoms with Crippen molar-refractivity contribution in [2.75, 3.05) is 9.80 Å². The summed E-state index contributed by atoms with van der Waals surface area (Å²) in [6, 6.07) is 22.2. The fourth-order valence-corrected chi connectivity index (χ4v) is 3.79. The molecule has 0 amide bonds. The highest BCUT2D eigenvalue weighted by Gasteiger charge is 2.36. The Morgan fingerprint density at radius 3 is 1.17 bits per heavy atom. The largest absolute Gasteiger partial charge is 0.347 e. The van der Waals surface area contributed by atoms with Gasteiger partial charge in [-0.05, 0) is 65.8 Å². The van der Waals surface area contributed by atoms with Crippen LogP contribution in [0.3, 0.4) is 0 Å².